The summed E-state index contributed by atoms with van der Waals surface area (Å²) in [5.74, 6) is 1.07. The number of aromatic nitrogens is 2. The molecule has 0 aliphatic carbocycles. The van der Waals surface area contributed by atoms with E-state index in [2.05, 4.69) is 29.1 Å². The summed E-state index contributed by atoms with van der Waals surface area (Å²) < 4.78 is 5.44. The second-order valence-corrected chi connectivity index (χ2v) is 6.41. The first-order chi connectivity index (χ1) is 11.4. The molecule has 0 radical (unpaired) electrons. The van der Waals surface area contributed by atoms with Gasteiger partial charge in [0.05, 0.1) is 12.3 Å². The minimum absolute atomic E-state index is 0.0572. The Kier molecular flexibility index (Phi) is 5.92. The number of likely N-dealkylation sites (N-methyl/N-ethyl adjacent to an activating group) is 1. The number of nitrogens with zero attached hydrogens (tertiary/aromatic N) is 3. The van der Waals surface area contributed by atoms with E-state index in [1.807, 2.05) is 31.1 Å². The van der Waals surface area contributed by atoms with Gasteiger partial charge >= 0.3 is 0 Å². The Morgan fingerprint density at radius 3 is 2.71 bits per heavy atom. The lowest BCUT2D eigenvalue weighted by Gasteiger charge is -2.22. The van der Waals surface area contributed by atoms with E-state index in [1.165, 1.54) is 0 Å². The van der Waals surface area contributed by atoms with Crippen molar-refractivity contribution in [3.63, 3.8) is 0 Å². The van der Waals surface area contributed by atoms with Gasteiger partial charge in [0.1, 0.15) is 11.5 Å². The fourth-order valence-electron chi connectivity index (χ4n) is 2.46. The number of rotatable bonds is 7. The molecule has 0 saturated heterocycles. The first-order valence-corrected chi connectivity index (χ1v) is 7.98. The number of hydrogen-bond donors (Lipinski definition) is 2. The second kappa shape index (κ2) is 7.92. The van der Waals surface area contributed by atoms with Gasteiger partial charge < -0.3 is 15.5 Å². The van der Waals surface area contributed by atoms with E-state index in [0.29, 0.717) is 12.5 Å². The van der Waals surface area contributed by atoms with Gasteiger partial charge in [-0.1, -0.05) is 13.8 Å². The molecule has 0 saturated carbocycles. The Hall–Kier alpha value is -2.41. The lowest BCUT2D eigenvalue weighted by atomic mass is 10.1. The summed E-state index contributed by atoms with van der Waals surface area (Å²) in [4.78, 5) is 22.6. The molecule has 7 nitrogen and oxygen atoms in total. The third-order valence-corrected chi connectivity index (χ3v) is 3.60. The fourth-order valence-corrected chi connectivity index (χ4v) is 2.46. The van der Waals surface area contributed by atoms with E-state index in [9.17, 15) is 4.79 Å². The van der Waals surface area contributed by atoms with Gasteiger partial charge in [-0.25, -0.2) is 9.97 Å². The maximum atomic E-state index is 12.4. The number of carbonyl (C=O) groups is 1. The molecule has 130 valence electrons. The quantitative estimate of drug-likeness (QED) is 0.804. The summed E-state index contributed by atoms with van der Waals surface area (Å²) in [7, 11) is 3.87. The molecule has 2 rings (SSSR count). The molecule has 1 amide bonds. The molecular weight excluding hydrogens is 306 g/mol. The lowest BCUT2D eigenvalue weighted by Crippen LogP contribution is -2.35. The van der Waals surface area contributed by atoms with E-state index >= 15 is 0 Å². The molecule has 1 unspecified atom stereocenters. The highest BCUT2D eigenvalue weighted by Crippen LogP contribution is 2.17. The van der Waals surface area contributed by atoms with Crippen LogP contribution in [-0.2, 0) is 6.42 Å². The molecule has 0 aliphatic heterocycles. The van der Waals surface area contributed by atoms with E-state index < -0.39 is 0 Å². The van der Waals surface area contributed by atoms with Crippen molar-refractivity contribution in [3.8, 4) is 0 Å². The van der Waals surface area contributed by atoms with Crippen LogP contribution in [0.2, 0.25) is 0 Å². The molecule has 0 aromatic carbocycles. The molecular formula is C17H25N5O2. The van der Waals surface area contributed by atoms with Crippen LogP contribution >= 0.6 is 0 Å². The smallest absolute Gasteiger partial charge is 0.270 e. The minimum atomic E-state index is -0.271. The summed E-state index contributed by atoms with van der Waals surface area (Å²) in [6.07, 6.45) is 2.37. The van der Waals surface area contributed by atoms with Crippen molar-refractivity contribution in [2.24, 2.45) is 5.92 Å². The number of hydrogen-bond acceptors (Lipinski definition) is 6. The summed E-state index contributed by atoms with van der Waals surface area (Å²) in [6, 6.07) is 5.36. The van der Waals surface area contributed by atoms with Crippen molar-refractivity contribution in [3.05, 3.63) is 41.6 Å². The van der Waals surface area contributed by atoms with Crippen LogP contribution in [0.15, 0.2) is 28.9 Å². The highest BCUT2D eigenvalue weighted by molar-refractivity contribution is 5.92. The van der Waals surface area contributed by atoms with Crippen LogP contribution in [0.1, 0.15) is 41.8 Å². The van der Waals surface area contributed by atoms with E-state index in [0.717, 1.165) is 17.9 Å². The predicted molar refractivity (Wildman–Crippen MR) is 92.5 cm³/mol. The van der Waals surface area contributed by atoms with Crippen molar-refractivity contribution in [2.75, 3.05) is 26.4 Å². The normalized spacial score (nSPS) is 12.6. The molecule has 24 heavy (non-hydrogen) atoms. The molecule has 7 heteroatoms. The highest BCUT2D eigenvalue weighted by atomic mass is 16.3. The van der Waals surface area contributed by atoms with Crippen LogP contribution < -0.4 is 11.1 Å². The Balaban J connectivity index is 2.07. The molecule has 2 aromatic heterocycles. The zero-order valence-electron chi connectivity index (χ0n) is 14.6. The SMILES string of the molecule is CC(C)Cc1cc(C(=O)NCC(c2ccco2)N(C)C)nc(N)n1. The number of anilines is 1. The first-order valence-electron chi connectivity index (χ1n) is 7.98. The molecule has 0 bridgehead atoms. The molecule has 0 aliphatic rings. The van der Waals surface area contributed by atoms with Gasteiger partial charge in [-0.2, -0.15) is 0 Å². The van der Waals surface area contributed by atoms with Crippen molar-refractivity contribution in [2.45, 2.75) is 26.3 Å². The second-order valence-electron chi connectivity index (χ2n) is 6.41. The highest BCUT2D eigenvalue weighted by Gasteiger charge is 2.19. The molecule has 1 atom stereocenters. The fraction of sp³-hybridized carbons (Fsp3) is 0.471. The Morgan fingerprint density at radius 1 is 1.38 bits per heavy atom. The number of carbonyl (C=O) groups excluding carboxylic acids is 1. The average molecular weight is 331 g/mol. The number of nitrogens with two attached hydrogens (primary N) is 1. The van der Waals surface area contributed by atoms with Gasteiger partial charge in [-0.15, -0.1) is 0 Å². The van der Waals surface area contributed by atoms with Crippen molar-refractivity contribution < 1.29 is 9.21 Å². The van der Waals surface area contributed by atoms with Gasteiger partial charge in [-0.05, 0) is 44.6 Å². The largest absolute Gasteiger partial charge is 0.468 e. The summed E-state index contributed by atoms with van der Waals surface area (Å²) >= 11 is 0. The standard InChI is InChI=1S/C17H25N5O2/c1-11(2)8-12-9-13(21-17(18)20-12)16(23)19-10-14(22(3)4)15-6-5-7-24-15/h5-7,9,11,14H,8,10H2,1-4H3,(H,19,23)(H2,18,20,21). The lowest BCUT2D eigenvalue weighted by molar-refractivity contribution is 0.0934. The van der Waals surface area contributed by atoms with Gasteiger partial charge in [0, 0.05) is 12.2 Å². The van der Waals surface area contributed by atoms with Crippen LogP contribution in [-0.4, -0.2) is 41.4 Å². The van der Waals surface area contributed by atoms with Gasteiger partial charge in [-0.3, -0.25) is 9.69 Å². The predicted octanol–water partition coefficient (Wildman–Crippen LogP) is 1.88. The minimum Gasteiger partial charge on any atom is -0.468 e. The van der Waals surface area contributed by atoms with Crippen LogP contribution in [0.5, 0.6) is 0 Å². The first kappa shape index (κ1) is 17.9. The van der Waals surface area contributed by atoms with Crippen LogP contribution in [0.3, 0.4) is 0 Å². The third kappa shape index (κ3) is 4.79. The number of nitrogen functional groups attached to an aromatic ring is 1. The zero-order valence-corrected chi connectivity index (χ0v) is 14.6. The zero-order chi connectivity index (χ0) is 17.7. The van der Waals surface area contributed by atoms with E-state index in [1.54, 1.807) is 12.3 Å². The number of furan rings is 1. The van der Waals surface area contributed by atoms with Gasteiger partial charge in [0.15, 0.2) is 0 Å². The van der Waals surface area contributed by atoms with E-state index in [-0.39, 0.29) is 23.6 Å². The number of nitrogens with one attached hydrogen (secondary N) is 1. The van der Waals surface area contributed by atoms with Crippen LogP contribution in [0.4, 0.5) is 5.95 Å². The molecule has 0 fully saturated rings. The molecule has 2 aromatic rings. The average Bonchev–Trinajstić information content (AvgIpc) is 2.99. The Bertz CT molecular complexity index is 668. The number of amides is 1. The summed E-state index contributed by atoms with van der Waals surface area (Å²) in [5, 5.41) is 2.89. The van der Waals surface area contributed by atoms with Crippen LogP contribution in [0, 0.1) is 5.92 Å². The van der Waals surface area contributed by atoms with Gasteiger partial charge in [0.2, 0.25) is 5.95 Å². The van der Waals surface area contributed by atoms with Crippen molar-refractivity contribution in [1.29, 1.82) is 0 Å². The summed E-state index contributed by atoms with van der Waals surface area (Å²) in [5.41, 5.74) is 6.79. The van der Waals surface area contributed by atoms with E-state index in [4.69, 9.17) is 10.2 Å². The Morgan fingerprint density at radius 2 is 2.12 bits per heavy atom. The molecule has 3 N–H and O–H groups in total. The summed E-state index contributed by atoms with van der Waals surface area (Å²) in [6.45, 7) is 4.58. The third-order valence-electron chi connectivity index (χ3n) is 3.60. The van der Waals surface area contributed by atoms with Gasteiger partial charge in [0.25, 0.3) is 5.91 Å². The monoisotopic (exact) mass is 331 g/mol. The maximum Gasteiger partial charge on any atom is 0.270 e. The maximum absolute atomic E-state index is 12.4. The topological polar surface area (TPSA) is 97.3 Å². The van der Waals surface area contributed by atoms with Crippen molar-refractivity contribution >= 4 is 11.9 Å². The van der Waals surface area contributed by atoms with Crippen LogP contribution in [0.25, 0.3) is 0 Å². The van der Waals surface area contributed by atoms with Crippen molar-refractivity contribution in [1.82, 2.24) is 20.2 Å². The molecule has 0 spiro atoms. The Labute approximate surface area is 142 Å². The molecule has 2 heterocycles.